The Hall–Kier alpha value is -2.36. The molecule has 0 fully saturated rings. The van der Waals surface area contributed by atoms with E-state index in [9.17, 15) is 9.18 Å². The van der Waals surface area contributed by atoms with Crippen LogP contribution in [0.2, 0.25) is 0 Å². The molecule has 0 aliphatic rings. The third-order valence-corrected chi connectivity index (χ3v) is 2.95. The van der Waals surface area contributed by atoms with Crippen LogP contribution in [0.3, 0.4) is 0 Å². The van der Waals surface area contributed by atoms with Crippen molar-refractivity contribution >= 4 is 5.97 Å². The van der Waals surface area contributed by atoms with Gasteiger partial charge in [-0.2, -0.15) is 0 Å². The standard InChI is InChI=1S/C16H15FO3/c1-2-11-3-5-12(6-4-11)10-20-15-8-13(16(18)19)7-14(17)9-15/h3-9H,2,10H2,1H3,(H,18,19). The highest BCUT2D eigenvalue weighted by Crippen LogP contribution is 2.18. The summed E-state index contributed by atoms with van der Waals surface area (Å²) < 4.78 is 18.7. The third kappa shape index (κ3) is 3.57. The van der Waals surface area contributed by atoms with Gasteiger partial charge in [0.25, 0.3) is 0 Å². The SMILES string of the molecule is CCc1ccc(COc2cc(F)cc(C(=O)O)c2)cc1. The number of carboxylic acid groups (broad SMARTS) is 1. The van der Waals surface area contributed by atoms with Gasteiger partial charge in [-0.1, -0.05) is 31.2 Å². The molecule has 0 amide bonds. The summed E-state index contributed by atoms with van der Waals surface area (Å²) in [5.41, 5.74) is 2.05. The van der Waals surface area contributed by atoms with Crippen molar-refractivity contribution in [2.24, 2.45) is 0 Å². The van der Waals surface area contributed by atoms with E-state index in [0.29, 0.717) is 0 Å². The topological polar surface area (TPSA) is 46.5 Å². The van der Waals surface area contributed by atoms with Crippen LogP contribution in [0.1, 0.15) is 28.4 Å². The van der Waals surface area contributed by atoms with Crippen LogP contribution in [0, 0.1) is 5.82 Å². The highest BCUT2D eigenvalue weighted by atomic mass is 19.1. The van der Waals surface area contributed by atoms with Gasteiger partial charge in [-0.15, -0.1) is 0 Å². The number of rotatable bonds is 5. The molecule has 0 aliphatic heterocycles. The van der Waals surface area contributed by atoms with E-state index in [1.807, 2.05) is 24.3 Å². The summed E-state index contributed by atoms with van der Waals surface area (Å²) in [6.45, 7) is 2.35. The van der Waals surface area contributed by atoms with Crippen LogP contribution in [0.4, 0.5) is 4.39 Å². The first kappa shape index (κ1) is 14.1. The van der Waals surface area contributed by atoms with Gasteiger partial charge in [-0.25, -0.2) is 9.18 Å². The Kier molecular flexibility index (Phi) is 4.35. The molecule has 0 bridgehead atoms. The van der Waals surface area contributed by atoms with Crippen LogP contribution in [0.15, 0.2) is 42.5 Å². The van der Waals surface area contributed by atoms with Crippen molar-refractivity contribution in [3.8, 4) is 5.75 Å². The van der Waals surface area contributed by atoms with Crippen molar-refractivity contribution in [1.82, 2.24) is 0 Å². The number of hydrogen-bond acceptors (Lipinski definition) is 2. The zero-order valence-corrected chi connectivity index (χ0v) is 11.1. The number of benzene rings is 2. The fourth-order valence-electron chi connectivity index (χ4n) is 1.81. The molecule has 104 valence electrons. The minimum absolute atomic E-state index is 0.124. The van der Waals surface area contributed by atoms with Crippen molar-refractivity contribution in [1.29, 1.82) is 0 Å². The van der Waals surface area contributed by atoms with Gasteiger partial charge in [-0.05, 0) is 29.7 Å². The zero-order valence-electron chi connectivity index (χ0n) is 11.1. The first-order chi connectivity index (χ1) is 9.58. The molecule has 0 saturated carbocycles. The van der Waals surface area contributed by atoms with E-state index in [1.165, 1.54) is 17.7 Å². The molecule has 0 saturated heterocycles. The average molecular weight is 274 g/mol. The van der Waals surface area contributed by atoms with Gasteiger partial charge < -0.3 is 9.84 Å². The number of aromatic carboxylic acids is 1. The van der Waals surface area contributed by atoms with E-state index in [-0.39, 0.29) is 17.9 Å². The Morgan fingerprint density at radius 1 is 1.15 bits per heavy atom. The second-order valence-electron chi connectivity index (χ2n) is 4.44. The Balaban J connectivity index is 2.08. The van der Waals surface area contributed by atoms with Crippen LogP contribution in [0.25, 0.3) is 0 Å². The molecular weight excluding hydrogens is 259 g/mol. The summed E-state index contributed by atoms with van der Waals surface area (Å²) in [5.74, 6) is -1.59. The summed E-state index contributed by atoms with van der Waals surface area (Å²) in [6, 6.07) is 11.3. The maximum atomic E-state index is 13.3. The van der Waals surface area contributed by atoms with Crippen LogP contribution < -0.4 is 4.74 Å². The minimum Gasteiger partial charge on any atom is -0.489 e. The molecule has 0 atom stereocenters. The lowest BCUT2D eigenvalue weighted by Crippen LogP contribution is -2.00. The summed E-state index contributed by atoms with van der Waals surface area (Å²) >= 11 is 0. The maximum absolute atomic E-state index is 13.3. The monoisotopic (exact) mass is 274 g/mol. The van der Waals surface area contributed by atoms with E-state index in [1.54, 1.807) is 0 Å². The number of carboxylic acids is 1. The fourth-order valence-corrected chi connectivity index (χ4v) is 1.81. The van der Waals surface area contributed by atoms with Gasteiger partial charge in [0.1, 0.15) is 18.2 Å². The quantitative estimate of drug-likeness (QED) is 0.905. The molecule has 2 aromatic carbocycles. The molecular formula is C16H15FO3. The number of carbonyl (C=O) groups is 1. The van der Waals surface area contributed by atoms with Crippen LogP contribution in [0.5, 0.6) is 5.75 Å². The average Bonchev–Trinajstić information content (AvgIpc) is 2.45. The predicted molar refractivity (Wildman–Crippen MR) is 73.5 cm³/mol. The summed E-state index contributed by atoms with van der Waals surface area (Å²) in [5, 5.41) is 8.85. The number of halogens is 1. The summed E-state index contributed by atoms with van der Waals surface area (Å²) in [7, 11) is 0. The van der Waals surface area contributed by atoms with E-state index in [4.69, 9.17) is 9.84 Å². The van der Waals surface area contributed by atoms with Crippen molar-refractivity contribution in [2.45, 2.75) is 20.0 Å². The van der Waals surface area contributed by atoms with E-state index in [0.717, 1.165) is 18.1 Å². The Bertz CT molecular complexity index is 606. The van der Waals surface area contributed by atoms with Gasteiger partial charge in [0, 0.05) is 6.07 Å². The lowest BCUT2D eigenvalue weighted by Gasteiger charge is -2.08. The molecule has 2 rings (SSSR count). The molecule has 0 aliphatic carbocycles. The summed E-state index contributed by atoms with van der Waals surface area (Å²) in [6.07, 6.45) is 0.965. The molecule has 2 aromatic rings. The highest BCUT2D eigenvalue weighted by molar-refractivity contribution is 5.88. The molecule has 0 unspecified atom stereocenters. The molecule has 0 radical (unpaired) electrons. The fraction of sp³-hybridized carbons (Fsp3) is 0.188. The zero-order chi connectivity index (χ0) is 14.5. The molecule has 3 nitrogen and oxygen atoms in total. The van der Waals surface area contributed by atoms with Gasteiger partial charge in [-0.3, -0.25) is 0 Å². The third-order valence-electron chi connectivity index (χ3n) is 2.95. The lowest BCUT2D eigenvalue weighted by atomic mass is 10.1. The van der Waals surface area contributed by atoms with Crippen LogP contribution in [-0.2, 0) is 13.0 Å². The first-order valence-corrected chi connectivity index (χ1v) is 6.33. The molecule has 0 aromatic heterocycles. The minimum atomic E-state index is -1.18. The Labute approximate surface area is 116 Å². The molecule has 4 heteroatoms. The normalized spacial score (nSPS) is 10.3. The second kappa shape index (κ2) is 6.19. The van der Waals surface area contributed by atoms with E-state index in [2.05, 4.69) is 6.92 Å². The largest absolute Gasteiger partial charge is 0.489 e. The maximum Gasteiger partial charge on any atom is 0.335 e. The highest BCUT2D eigenvalue weighted by Gasteiger charge is 2.08. The summed E-state index contributed by atoms with van der Waals surface area (Å²) in [4.78, 5) is 10.8. The van der Waals surface area contributed by atoms with E-state index >= 15 is 0 Å². The molecule has 20 heavy (non-hydrogen) atoms. The number of ether oxygens (including phenoxy) is 1. The predicted octanol–water partition coefficient (Wildman–Crippen LogP) is 3.67. The first-order valence-electron chi connectivity index (χ1n) is 6.33. The van der Waals surface area contributed by atoms with Crippen molar-refractivity contribution in [2.75, 3.05) is 0 Å². The number of hydrogen-bond donors (Lipinski definition) is 1. The Morgan fingerprint density at radius 3 is 2.40 bits per heavy atom. The van der Waals surface area contributed by atoms with E-state index < -0.39 is 11.8 Å². The molecule has 0 spiro atoms. The lowest BCUT2D eigenvalue weighted by molar-refractivity contribution is 0.0695. The molecule has 0 heterocycles. The number of aryl methyl sites for hydroxylation is 1. The smallest absolute Gasteiger partial charge is 0.335 e. The van der Waals surface area contributed by atoms with Gasteiger partial charge >= 0.3 is 5.97 Å². The van der Waals surface area contributed by atoms with Gasteiger partial charge in [0.2, 0.25) is 0 Å². The van der Waals surface area contributed by atoms with Crippen LogP contribution >= 0.6 is 0 Å². The van der Waals surface area contributed by atoms with Gasteiger partial charge in [0.15, 0.2) is 0 Å². The van der Waals surface area contributed by atoms with Crippen molar-refractivity contribution in [3.05, 3.63) is 65.0 Å². The van der Waals surface area contributed by atoms with Crippen molar-refractivity contribution < 1.29 is 19.0 Å². The van der Waals surface area contributed by atoms with Crippen LogP contribution in [-0.4, -0.2) is 11.1 Å². The van der Waals surface area contributed by atoms with Crippen molar-refractivity contribution in [3.63, 3.8) is 0 Å². The second-order valence-corrected chi connectivity index (χ2v) is 4.44. The molecule has 1 N–H and O–H groups in total. The van der Waals surface area contributed by atoms with Gasteiger partial charge in [0.05, 0.1) is 5.56 Å². The Morgan fingerprint density at radius 2 is 1.80 bits per heavy atom.